The van der Waals surface area contributed by atoms with Crippen LogP contribution in [0.15, 0.2) is 0 Å². The van der Waals surface area contributed by atoms with Crippen LogP contribution in [-0.4, -0.2) is 30.3 Å². The number of aliphatic hydroxyl groups excluding tert-OH is 1. The third kappa shape index (κ3) is 5.35. The van der Waals surface area contributed by atoms with Gasteiger partial charge in [0.1, 0.15) is 0 Å². The Balaban J connectivity index is 4.15. The van der Waals surface area contributed by atoms with Crippen molar-refractivity contribution in [2.45, 2.75) is 53.0 Å². The van der Waals surface area contributed by atoms with Crippen LogP contribution in [0, 0.1) is 5.41 Å². The summed E-state index contributed by atoms with van der Waals surface area (Å²) in [4.78, 5) is 11.5. The second kappa shape index (κ2) is 7.49. The highest BCUT2D eigenvalue weighted by molar-refractivity contribution is 5.74. The smallest absolute Gasteiger partial charge is 0.315 e. The number of amides is 2. The third-order valence-corrected chi connectivity index (χ3v) is 3.19. The molecule has 0 aromatic carbocycles. The maximum Gasteiger partial charge on any atom is 0.315 e. The Hall–Kier alpha value is -0.770. The summed E-state index contributed by atoms with van der Waals surface area (Å²) < 4.78 is 0. The van der Waals surface area contributed by atoms with E-state index >= 15 is 0 Å². The molecule has 0 rings (SSSR count). The molecular formula is C12H26N2O2. The molecule has 0 fully saturated rings. The van der Waals surface area contributed by atoms with Crippen molar-refractivity contribution in [3.63, 3.8) is 0 Å². The minimum Gasteiger partial charge on any atom is -0.396 e. The molecule has 0 heterocycles. The van der Waals surface area contributed by atoms with Gasteiger partial charge < -0.3 is 15.7 Å². The van der Waals surface area contributed by atoms with Crippen molar-refractivity contribution >= 4 is 6.03 Å². The van der Waals surface area contributed by atoms with Gasteiger partial charge in [-0.2, -0.15) is 0 Å². The molecule has 0 aromatic heterocycles. The largest absolute Gasteiger partial charge is 0.396 e. The fourth-order valence-electron chi connectivity index (χ4n) is 1.76. The molecule has 0 aliphatic heterocycles. The molecule has 0 aliphatic rings. The lowest BCUT2D eigenvalue weighted by Crippen LogP contribution is -2.44. The highest BCUT2D eigenvalue weighted by Crippen LogP contribution is 2.29. The van der Waals surface area contributed by atoms with Crippen molar-refractivity contribution in [1.82, 2.24) is 10.6 Å². The van der Waals surface area contributed by atoms with E-state index in [0.717, 1.165) is 19.3 Å². The Labute approximate surface area is 98.8 Å². The summed E-state index contributed by atoms with van der Waals surface area (Å²) in [6.45, 7) is 8.86. The number of carbonyl (C=O) groups excluding carboxylic acids is 1. The Bertz CT molecular complexity index is 201. The highest BCUT2D eigenvalue weighted by atomic mass is 16.3. The first kappa shape index (κ1) is 15.2. The van der Waals surface area contributed by atoms with E-state index in [1.807, 2.05) is 13.8 Å². The molecule has 0 bridgehead atoms. The zero-order valence-electron chi connectivity index (χ0n) is 11.0. The Morgan fingerprint density at radius 2 is 1.88 bits per heavy atom. The quantitative estimate of drug-likeness (QED) is 0.625. The molecule has 0 saturated carbocycles. The summed E-state index contributed by atoms with van der Waals surface area (Å²) in [6.07, 6.45) is 2.67. The maximum absolute atomic E-state index is 11.5. The first-order valence-corrected chi connectivity index (χ1v) is 6.15. The van der Waals surface area contributed by atoms with Crippen molar-refractivity contribution in [1.29, 1.82) is 0 Å². The van der Waals surface area contributed by atoms with E-state index in [-0.39, 0.29) is 24.1 Å². The highest BCUT2D eigenvalue weighted by Gasteiger charge is 2.26. The standard InChI is InChI=1S/C12H26N2O2/c1-5-12(6-2,7-8-15)9-13-11(16)14-10(3)4/h10,15H,5-9H2,1-4H3,(H2,13,14,16). The molecule has 16 heavy (non-hydrogen) atoms. The van der Waals surface area contributed by atoms with Crippen LogP contribution in [0.25, 0.3) is 0 Å². The number of carbonyl (C=O) groups is 1. The number of nitrogens with one attached hydrogen (secondary N) is 2. The fraction of sp³-hybridized carbons (Fsp3) is 0.917. The van der Waals surface area contributed by atoms with Gasteiger partial charge in [0.2, 0.25) is 0 Å². The van der Waals surface area contributed by atoms with E-state index in [9.17, 15) is 4.79 Å². The van der Waals surface area contributed by atoms with Crippen molar-refractivity contribution in [3.05, 3.63) is 0 Å². The minimum absolute atomic E-state index is 0.0308. The van der Waals surface area contributed by atoms with Gasteiger partial charge >= 0.3 is 6.03 Å². The van der Waals surface area contributed by atoms with Gasteiger partial charge in [-0.3, -0.25) is 0 Å². The molecule has 96 valence electrons. The van der Waals surface area contributed by atoms with Gasteiger partial charge in [-0.25, -0.2) is 4.79 Å². The second-order valence-corrected chi connectivity index (χ2v) is 4.66. The van der Waals surface area contributed by atoms with Crippen LogP contribution in [0.4, 0.5) is 4.79 Å². The Morgan fingerprint density at radius 3 is 2.25 bits per heavy atom. The molecule has 2 amide bonds. The molecule has 0 atom stereocenters. The van der Waals surface area contributed by atoms with E-state index < -0.39 is 0 Å². The third-order valence-electron chi connectivity index (χ3n) is 3.19. The monoisotopic (exact) mass is 230 g/mol. The maximum atomic E-state index is 11.5. The normalized spacial score (nSPS) is 11.6. The number of hydrogen-bond donors (Lipinski definition) is 3. The fourth-order valence-corrected chi connectivity index (χ4v) is 1.76. The predicted molar refractivity (Wildman–Crippen MR) is 66.4 cm³/mol. The van der Waals surface area contributed by atoms with Crippen LogP contribution < -0.4 is 10.6 Å². The van der Waals surface area contributed by atoms with Gasteiger partial charge in [-0.05, 0) is 38.5 Å². The summed E-state index contributed by atoms with van der Waals surface area (Å²) in [5.41, 5.74) is 0.0308. The molecule has 0 spiro atoms. The number of aliphatic hydroxyl groups is 1. The Morgan fingerprint density at radius 1 is 1.31 bits per heavy atom. The van der Waals surface area contributed by atoms with E-state index in [0.29, 0.717) is 6.54 Å². The zero-order chi connectivity index (χ0) is 12.6. The van der Waals surface area contributed by atoms with E-state index in [4.69, 9.17) is 5.11 Å². The van der Waals surface area contributed by atoms with Gasteiger partial charge in [0.25, 0.3) is 0 Å². The summed E-state index contributed by atoms with van der Waals surface area (Å²) in [5.74, 6) is 0. The van der Waals surface area contributed by atoms with Gasteiger partial charge in [-0.1, -0.05) is 13.8 Å². The van der Waals surface area contributed by atoms with Crippen molar-refractivity contribution in [2.24, 2.45) is 5.41 Å². The first-order valence-electron chi connectivity index (χ1n) is 6.15. The molecule has 4 heteroatoms. The van der Waals surface area contributed by atoms with Gasteiger partial charge in [0.15, 0.2) is 0 Å². The molecule has 0 unspecified atom stereocenters. The van der Waals surface area contributed by atoms with Crippen molar-refractivity contribution in [2.75, 3.05) is 13.2 Å². The lowest BCUT2D eigenvalue weighted by atomic mass is 9.79. The topological polar surface area (TPSA) is 61.4 Å². The minimum atomic E-state index is -0.126. The average Bonchev–Trinajstić information content (AvgIpc) is 2.23. The van der Waals surface area contributed by atoms with Crippen LogP contribution in [0.3, 0.4) is 0 Å². The van der Waals surface area contributed by atoms with Gasteiger partial charge in [0, 0.05) is 19.2 Å². The van der Waals surface area contributed by atoms with Crippen LogP contribution in [0.5, 0.6) is 0 Å². The SMILES string of the molecule is CCC(CC)(CCO)CNC(=O)NC(C)C. The molecule has 0 saturated heterocycles. The van der Waals surface area contributed by atoms with E-state index in [2.05, 4.69) is 24.5 Å². The summed E-state index contributed by atoms with van der Waals surface area (Å²) in [5, 5.41) is 14.7. The van der Waals surface area contributed by atoms with Crippen LogP contribution in [0.2, 0.25) is 0 Å². The van der Waals surface area contributed by atoms with Crippen LogP contribution in [0.1, 0.15) is 47.0 Å². The predicted octanol–water partition coefficient (Wildman–Crippen LogP) is 1.88. The first-order chi connectivity index (χ1) is 7.49. The van der Waals surface area contributed by atoms with E-state index in [1.165, 1.54) is 0 Å². The molecule has 0 radical (unpaired) electrons. The lowest BCUT2D eigenvalue weighted by molar-refractivity contribution is 0.163. The second-order valence-electron chi connectivity index (χ2n) is 4.66. The number of hydrogen-bond acceptors (Lipinski definition) is 2. The summed E-state index contributed by atoms with van der Waals surface area (Å²) in [7, 11) is 0. The van der Waals surface area contributed by atoms with Crippen LogP contribution in [-0.2, 0) is 0 Å². The molecule has 0 aromatic rings. The average molecular weight is 230 g/mol. The Kier molecular flexibility index (Phi) is 7.13. The number of urea groups is 1. The van der Waals surface area contributed by atoms with Crippen molar-refractivity contribution < 1.29 is 9.90 Å². The number of rotatable bonds is 7. The molecule has 3 N–H and O–H groups in total. The molecule has 4 nitrogen and oxygen atoms in total. The lowest BCUT2D eigenvalue weighted by Gasteiger charge is -2.31. The zero-order valence-corrected chi connectivity index (χ0v) is 11.0. The van der Waals surface area contributed by atoms with Crippen molar-refractivity contribution in [3.8, 4) is 0 Å². The molecule has 0 aliphatic carbocycles. The molecular weight excluding hydrogens is 204 g/mol. The van der Waals surface area contributed by atoms with Crippen LogP contribution >= 0.6 is 0 Å². The van der Waals surface area contributed by atoms with Gasteiger partial charge in [-0.15, -0.1) is 0 Å². The summed E-state index contributed by atoms with van der Waals surface area (Å²) in [6, 6.07) is 0.0229. The summed E-state index contributed by atoms with van der Waals surface area (Å²) >= 11 is 0. The van der Waals surface area contributed by atoms with Gasteiger partial charge in [0.05, 0.1) is 0 Å². The van der Waals surface area contributed by atoms with E-state index in [1.54, 1.807) is 0 Å².